The van der Waals surface area contributed by atoms with Crippen molar-refractivity contribution in [2.45, 2.75) is 12.1 Å². The number of hydrogen-bond acceptors (Lipinski definition) is 7. The van der Waals surface area contributed by atoms with Crippen LogP contribution in [0.25, 0.3) is 0 Å². The first-order valence-corrected chi connectivity index (χ1v) is 12.3. The summed E-state index contributed by atoms with van der Waals surface area (Å²) in [5.74, 6) is 1.25. The number of benzene rings is 2. The lowest BCUT2D eigenvalue weighted by Crippen LogP contribution is -2.54. The standard InChI is InChI=1S/C25H26Cl2N6O2/c26-18-3-1-17(2-4-18)24(35)32-13-11-31(12-14-32)21-15-33(16-22(21)34)25-28-10-9-23(30-25)29-20-7-5-19(27)6-8-20/h1-10,21-22,34H,11-16H2,(H,28,29,30). The second-order valence-corrected chi connectivity index (χ2v) is 9.62. The summed E-state index contributed by atoms with van der Waals surface area (Å²) in [6, 6.07) is 16.1. The molecule has 35 heavy (non-hydrogen) atoms. The number of aliphatic hydroxyl groups excluding tert-OH is 1. The average Bonchev–Trinajstić information content (AvgIpc) is 3.27. The maximum Gasteiger partial charge on any atom is 0.253 e. The lowest BCUT2D eigenvalue weighted by Gasteiger charge is -2.38. The van der Waals surface area contributed by atoms with Crippen LogP contribution >= 0.6 is 23.2 Å². The summed E-state index contributed by atoms with van der Waals surface area (Å²) >= 11 is 11.9. The normalized spacial score (nSPS) is 20.8. The quantitative estimate of drug-likeness (QED) is 0.540. The highest BCUT2D eigenvalue weighted by Gasteiger charge is 2.38. The van der Waals surface area contributed by atoms with Crippen LogP contribution in [-0.2, 0) is 0 Å². The molecule has 2 aromatic carbocycles. The Balaban J connectivity index is 1.19. The minimum atomic E-state index is -0.523. The van der Waals surface area contributed by atoms with Gasteiger partial charge in [0, 0.05) is 66.8 Å². The molecule has 1 amide bonds. The van der Waals surface area contributed by atoms with Crippen LogP contribution in [0, 0.1) is 0 Å². The van der Waals surface area contributed by atoms with Crippen LogP contribution in [0.1, 0.15) is 10.4 Å². The van der Waals surface area contributed by atoms with Crippen molar-refractivity contribution in [3.8, 4) is 0 Å². The molecule has 2 N–H and O–H groups in total. The predicted molar refractivity (Wildman–Crippen MR) is 138 cm³/mol. The van der Waals surface area contributed by atoms with Crippen molar-refractivity contribution in [3.05, 3.63) is 76.4 Å². The van der Waals surface area contributed by atoms with Crippen molar-refractivity contribution in [1.82, 2.24) is 19.8 Å². The number of piperazine rings is 1. The summed E-state index contributed by atoms with van der Waals surface area (Å²) < 4.78 is 0. The van der Waals surface area contributed by atoms with E-state index in [1.807, 2.05) is 34.1 Å². The molecule has 182 valence electrons. The van der Waals surface area contributed by atoms with E-state index in [9.17, 15) is 9.90 Å². The van der Waals surface area contributed by atoms with E-state index in [1.165, 1.54) is 0 Å². The van der Waals surface area contributed by atoms with E-state index in [2.05, 4.69) is 20.2 Å². The molecule has 2 unspecified atom stereocenters. The van der Waals surface area contributed by atoms with Crippen molar-refractivity contribution in [2.24, 2.45) is 0 Å². The minimum absolute atomic E-state index is 0.00770. The van der Waals surface area contributed by atoms with Gasteiger partial charge >= 0.3 is 0 Å². The van der Waals surface area contributed by atoms with Gasteiger partial charge in [-0.25, -0.2) is 4.98 Å². The van der Waals surface area contributed by atoms with Crippen LogP contribution in [0.15, 0.2) is 60.8 Å². The van der Waals surface area contributed by atoms with Gasteiger partial charge < -0.3 is 20.2 Å². The lowest BCUT2D eigenvalue weighted by atomic mass is 10.1. The van der Waals surface area contributed by atoms with Crippen LogP contribution in [0.3, 0.4) is 0 Å². The summed E-state index contributed by atoms with van der Waals surface area (Å²) in [7, 11) is 0. The molecule has 5 rings (SSSR count). The highest BCUT2D eigenvalue weighted by molar-refractivity contribution is 6.30. The van der Waals surface area contributed by atoms with Gasteiger partial charge in [0.15, 0.2) is 0 Å². The maximum atomic E-state index is 12.8. The molecule has 8 nitrogen and oxygen atoms in total. The Bertz CT molecular complexity index is 1170. The topological polar surface area (TPSA) is 84.8 Å². The first-order valence-electron chi connectivity index (χ1n) is 11.5. The highest BCUT2D eigenvalue weighted by Crippen LogP contribution is 2.24. The van der Waals surface area contributed by atoms with Crippen molar-refractivity contribution in [3.63, 3.8) is 0 Å². The molecule has 3 aromatic rings. The molecule has 2 saturated heterocycles. The molecule has 0 radical (unpaired) electrons. The number of β-amino-alcohol motifs (C(OH)–C–C–N with tert-alkyl or cyclic N) is 1. The smallest absolute Gasteiger partial charge is 0.253 e. The third kappa shape index (κ3) is 5.51. The van der Waals surface area contributed by atoms with E-state index >= 15 is 0 Å². The summed E-state index contributed by atoms with van der Waals surface area (Å²) in [5, 5.41) is 15.4. The second kappa shape index (κ2) is 10.4. The SMILES string of the molecule is O=C(c1ccc(Cl)cc1)N1CCN(C2CN(c3nccc(Nc4ccc(Cl)cc4)n3)CC2O)CC1. The van der Waals surface area contributed by atoms with Crippen molar-refractivity contribution >= 4 is 46.6 Å². The summed E-state index contributed by atoms with van der Waals surface area (Å²) in [6.45, 7) is 3.71. The predicted octanol–water partition coefficient (Wildman–Crippen LogP) is 3.53. The number of carbonyl (C=O) groups is 1. The van der Waals surface area contributed by atoms with Gasteiger partial charge in [-0.1, -0.05) is 23.2 Å². The van der Waals surface area contributed by atoms with Crippen LogP contribution in [-0.4, -0.2) is 82.2 Å². The van der Waals surface area contributed by atoms with Gasteiger partial charge in [-0.15, -0.1) is 0 Å². The second-order valence-electron chi connectivity index (χ2n) is 8.75. The van der Waals surface area contributed by atoms with Gasteiger partial charge in [-0.2, -0.15) is 4.98 Å². The van der Waals surface area contributed by atoms with Gasteiger partial charge in [-0.05, 0) is 54.6 Å². The van der Waals surface area contributed by atoms with Crippen molar-refractivity contribution < 1.29 is 9.90 Å². The summed E-state index contributed by atoms with van der Waals surface area (Å²) in [5.41, 5.74) is 1.52. The molecule has 3 heterocycles. The fourth-order valence-corrected chi connectivity index (χ4v) is 4.83. The van der Waals surface area contributed by atoms with Crippen LogP contribution in [0.2, 0.25) is 10.0 Å². The zero-order valence-corrected chi connectivity index (χ0v) is 20.5. The number of aromatic nitrogens is 2. The molecular formula is C25H26Cl2N6O2. The van der Waals surface area contributed by atoms with Gasteiger partial charge in [0.05, 0.1) is 12.1 Å². The Kier molecular flexibility index (Phi) is 7.06. The van der Waals surface area contributed by atoms with Crippen LogP contribution in [0.5, 0.6) is 0 Å². The minimum Gasteiger partial charge on any atom is -0.390 e. The molecular weight excluding hydrogens is 487 g/mol. The molecule has 10 heteroatoms. The molecule has 1 aromatic heterocycles. The van der Waals surface area contributed by atoms with Gasteiger partial charge in [0.1, 0.15) is 5.82 Å². The van der Waals surface area contributed by atoms with Crippen molar-refractivity contribution in [1.29, 1.82) is 0 Å². The third-order valence-corrected chi connectivity index (χ3v) is 6.97. The number of carbonyl (C=O) groups excluding carboxylic acids is 1. The van der Waals surface area contributed by atoms with E-state index in [-0.39, 0.29) is 11.9 Å². The fourth-order valence-electron chi connectivity index (χ4n) is 4.57. The zero-order chi connectivity index (χ0) is 24.4. The number of hydrogen-bond donors (Lipinski definition) is 2. The Morgan fingerprint density at radius 2 is 1.57 bits per heavy atom. The number of nitrogens with zero attached hydrogens (tertiary/aromatic N) is 5. The Labute approximate surface area is 214 Å². The van der Waals surface area contributed by atoms with Crippen LogP contribution in [0.4, 0.5) is 17.5 Å². The summed E-state index contributed by atoms with van der Waals surface area (Å²) in [4.78, 5) is 28.0. The fraction of sp³-hybridized carbons (Fsp3) is 0.320. The van der Waals surface area contributed by atoms with E-state index < -0.39 is 6.10 Å². The van der Waals surface area contributed by atoms with Crippen LogP contribution < -0.4 is 10.2 Å². The number of anilines is 3. The molecule has 0 aliphatic carbocycles. The van der Waals surface area contributed by atoms with E-state index in [0.29, 0.717) is 66.6 Å². The highest BCUT2D eigenvalue weighted by atomic mass is 35.5. The number of nitrogens with one attached hydrogen (secondary N) is 1. The average molecular weight is 513 g/mol. The van der Waals surface area contributed by atoms with Gasteiger partial charge in [0.2, 0.25) is 5.95 Å². The first kappa shape index (κ1) is 23.8. The molecule has 0 bridgehead atoms. The largest absolute Gasteiger partial charge is 0.390 e. The first-order chi connectivity index (χ1) is 17.0. The van der Waals surface area contributed by atoms with E-state index in [0.717, 1.165) is 5.69 Å². The Morgan fingerprint density at radius 1 is 0.914 bits per heavy atom. The number of aliphatic hydroxyl groups is 1. The molecule has 2 atom stereocenters. The monoisotopic (exact) mass is 512 g/mol. The maximum absolute atomic E-state index is 12.8. The zero-order valence-electron chi connectivity index (χ0n) is 19.0. The van der Waals surface area contributed by atoms with Gasteiger partial charge in [-0.3, -0.25) is 9.69 Å². The Hall–Kier alpha value is -2.91. The number of amides is 1. The molecule has 2 fully saturated rings. The van der Waals surface area contributed by atoms with Crippen molar-refractivity contribution in [2.75, 3.05) is 49.5 Å². The third-order valence-electron chi connectivity index (χ3n) is 6.46. The molecule has 0 spiro atoms. The number of halogens is 2. The molecule has 2 aliphatic heterocycles. The van der Waals surface area contributed by atoms with E-state index in [4.69, 9.17) is 23.2 Å². The molecule has 2 aliphatic rings. The number of rotatable bonds is 5. The Morgan fingerprint density at radius 3 is 2.26 bits per heavy atom. The lowest BCUT2D eigenvalue weighted by molar-refractivity contribution is 0.0376. The summed E-state index contributed by atoms with van der Waals surface area (Å²) in [6.07, 6.45) is 1.19. The molecule has 0 saturated carbocycles. The van der Waals surface area contributed by atoms with Gasteiger partial charge in [0.25, 0.3) is 5.91 Å². The van der Waals surface area contributed by atoms with E-state index in [1.54, 1.807) is 36.5 Å².